The van der Waals surface area contributed by atoms with Crippen molar-refractivity contribution in [2.45, 2.75) is 56.9 Å². The molecule has 4 rings (SSSR count). The Morgan fingerprint density at radius 1 is 1.03 bits per heavy atom. The molecule has 154 valence electrons. The zero-order chi connectivity index (χ0) is 20.4. The summed E-state index contributed by atoms with van der Waals surface area (Å²) in [4.78, 5) is 2.79. The molecule has 0 aromatic heterocycles. The van der Waals surface area contributed by atoms with Crippen molar-refractivity contribution in [2.24, 2.45) is 0 Å². The van der Waals surface area contributed by atoms with Crippen LogP contribution in [0, 0.1) is 6.92 Å². The van der Waals surface area contributed by atoms with E-state index >= 15 is 0 Å². The number of allylic oxidation sites excluding steroid dienone is 1. The van der Waals surface area contributed by atoms with Gasteiger partial charge in [-0.25, -0.2) is 12.7 Å². The number of benzene rings is 2. The first-order chi connectivity index (χ1) is 14.0. The molecule has 29 heavy (non-hydrogen) atoms. The van der Waals surface area contributed by atoms with Crippen LogP contribution in [0.4, 0.5) is 5.69 Å². The molecule has 4 nitrogen and oxygen atoms in total. The number of anilines is 1. The molecule has 0 bridgehead atoms. The molecule has 0 radical (unpaired) electrons. The molecule has 2 aromatic rings. The number of sulfonamides is 1. The van der Waals surface area contributed by atoms with Crippen LogP contribution >= 0.6 is 0 Å². The second kappa shape index (κ2) is 8.33. The summed E-state index contributed by atoms with van der Waals surface area (Å²) < 4.78 is 29.2. The molecule has 0 spiro atoms. The SMILES string of the molecule is CCCC/C=C1/C(N2CCCC2)c2ccccc2N1S(=O)(=O)c1ccc(C)cc1. The van der Waals surface area contributed by atoms with Crippen LogP contribution in [0.25, 0.3) is 0 Å². The van der Waals surface area contributed by atoms with Gasteiger partial charge in [0.1, 0.15) is 0 Å². The highest BCUT2D eigenvalue weighted by atomic mass is 32.2. The van der Waals surface area contributed by atoms with Crippen molar-refractivity contribution >= 4 is 15.7 Å². The fourth-order valence-electron chi connectivity index (χ4n) is 4.43. The highest BCUT2D eigenvalue weighted by Gasteiger charge is 2.43. The summed E-state index contributed by atoms with van der Waals surface area (Å²) >= 11 is 0. The van der Waals surface area contributed by atoms with Crippen LogP contribution in [0.3, 0.4) is 0 Å². The van der Waals surface area contributed by atoms with E-state index in [1.165, 1.54) is 12.8 Å². The minimum Gasteiger partial charge on any atom is -0.291 e. The van der Waals surface area contributed by atoms with Crippen molar-refractivity contribution in [3.63, 3.8) is 0 Å². The number of likely N-dealkylation sites (tertiary alicyclic amines) is 1. The van der Waals surface area contributed by atoms with E-state index in [2.05, 4.69) is 24.0 Å². The third-order valence-electron chi connectivity index (χ3n) is 5.94. The lowest BCUT2D eigenvalue weighted by Gasteiger charge is -2.28. The predicted octanol–water partition coefficient (Wildman–Crippen LogP) is 5.41. The monoisotopic (exact) mass is 410 g/mol. The Bertz CT molecular complexity index is 990. The molecule has 2 heterocycles. The first kappa shape index (κ1) is 20.2. The molecule has 0 amide bonds. The first-order valence-electron chi connectivity index (χ1n) is 10.7. The molecular weight excluding hydrogens is 380 g/mol. The van der Waals surface area contributed by atoms with Crippen LogP contribution in [-0.4, -0.2) is 26.4 Å². The normalized spacial score (nSPS) is 21.1. The first-order valence-corrected chi connectivity index (χ1v) is 12.1. The van der Waals surface area contributed by atoms with E-state index in [9.17, 15) is 8.42 Å². The standard InChI is InChI=1S/C24H30N2O2S/c1-3-4-5-12-23-24(25-17-8-9-18-25)21-10-6-7-11-22(21)26(23)29(27,28)20-15-13-19(2)14-16-20/h6-7,10-16,24H,3-5,8-9,17-18H2,1-2H3/b23-12-. The highest BCUT2D eigenvalue weighted by Crippen LogP contribution is 2.49. The van der Waals surface area contributed by atoms with Gasteiger partial charge in [-0.15, -0.1) is 0 Å². The molecule has 1 unspecified atom stereocenters. The number of hydrogen-bond donors (Lipinski definition) is 0. The minimum absolute atomic E-state index is 0.0192. The summed E-state index contributed by atoms with van der Waals surface area (Å²) in [6.45, 7) is 6.17. The van der Waals surface area contributed by atoms with Gasteiger partial charge in [-0.05, 0) is 57.5 Å². The van der Waals surface area contributed by atoms with Crippen molar-refractivity contribution in [2.75, 3.05) is 17.4 Å². The minimum atomic E-state index is -3.68. The van der Waals surface area contributed by atoms with E-state index < -0.39 is 10.0 Å². The van der Waals surface area contributed by atoms with Gasteiger partial charge in [0.05, 0.1) is 22.3 Å². The van der Waals surface area contributed by atoms with Gasteiger partial charge >= 0.3 is 0 Å². The largest absolute Gasteiger partial charge is 0.291 e. The molecule has 2 aliphatic heterocycles. The quantitative estimate of drug-likeness (QED) is 0.598. The Morgan fingerprint density at radius 2 is 1.72 bits per heavy atom. The molecule has 0 aliphatic carbocycles. The summed E-state index contributed by atoms with van der Waals surface area (Å²) in [5.74, 6) is 0. The maximum atomic E-state index is 13.8. The molecule has 0 saturated carbocycles. The van der Waals surface area contributed by atoms with Crippen molar-refractivity contribution in [1.82, 2.24) is 4.90 Å². The zero-order valence-electron chi connectivity index (χ0n) is 17.3. The smallest absolute Gasteiger partial charge is 0.268 e. The Morgan fingerprint density at radius 3 is 2.41 bits per heavy atom. The second-order valence-electron chi connectivity index (χ2n) is 8.06. The molecule has 5 heteroatoms. The van der Waals surface area contributed by atoms with Crippen molar-refractivity contribution in [1.29, 1.82) is 0 Å². The lowest BCUT2D eigenvalue weighted by molar-refractivity contribution is 0.282. The van der Waals surface area contributed by atoms with Crippen molar-refractivity contribution < 1.29 is 8.42 Å². The summed E-state index contributed by atoms with van der Waals surface area (Å²) in [5.41, 5.74) is 3.86. The van der Waals surface area contributed by atoms with E-state index in [1.807, 2.05) is 37.3 Å². The third-order valence-corrected chi connectivity index (χ3v) is 7.70. The van der Waals surface area contributed by atoms with Gasteiger partial charge in [0.25, 0.3) is 10.0 Å². The molecule has 1 atom stereocenters. The van der Waals surface area contributed by atoms with Crippen molar-refractivity contribution in [3.8, 4) is 0 Å². The zero-order valence-corrected chi connectivity index (χ0v) is 18.2. The van der Waals surface area contributed by atoms with Gasteiger partial charge < -0.3 is 0 Å². The summed E-state index contributed by atoms with van der Waals surface area (Å²) in [7, 11) is -3.68. The average molecular weight is 411 g/mol. The van der Waals surface area contributed by atoms with E-state index in [-0.39, 0.29) is 6.04 Å². The predicted molar refractivity (Wildman–Crippen MR) is 118 cm³/mol. The van der Waals surface area contributed by atoms with Gasteiger partial charge in [-0.3, -0.25) is 4.90 Å². The van der Waals surface area contributed by atoms with E-state index in [4.69, 9.17) is 0 Å². The van der Waals surface area contributed by atoms with Gasteiger partial charge in [0.15, 0.2) is 0 Å². The summed E-state index contributed by atoms with van der Waals surface area (Å²) in [5, 5.41) is 0. The van der Waals surface area contributed by atoms with Crippen LogP contribution in [0.5, 0.6) is 0 Å². The fourth-order valence-corrected chi connectivity index (χ4v) is 6.00. The summed E-state index contributed by atoms with van der Waals surface area (Å²) in [6, 6.07) is 15.2. The molecule has 2 aliphatic rings. The number of unbranched alkanes of at least 4 members (excludes halogenated alkanes) is 2. The number of hydrogen-bond acceptors (Lipinski definition) is 3. The Balaban J connectivity index is 1.85. The van der Waals surface area contributed by atoms with Crippen LogP contribution < -0.4 is 4.31 Å². The molecule has 1 fully saturated rings. The third kappa shape index (κ3) is 3.74. The number of rotatable bonds is 6. The summed E-state index contributed by atoms with van der Waals surface area (Å²) in [6.07, 6.45) is 7.56. The molecule has 2 aromatic carbocycles. The van der Waals surface area contributed by atoms with E-state index in [0.717, 1.165) is 54.9 Å². The van der Waals surface area contributed by atoms with Crippen molar-refractivity contribution in [3.05, 3.63) is 71.4 Å². The van der Waals surface area contributed by atoms with Gasteiger partial charge in [0, 0.05) is 5.56 Å². The lowest BCUT2D eigenvalue weighted by Crippen LogP contribution is -2.33. The number of fused-ring (bicyclic) bond motifs is 1. The van der Waals surface area contributed by atoms with Gasteiger partial charge in [-0.1, -0.05) is 61.7 Å². The van der Waals surface area contributed by atoms with E-state index in [1.54, 1.807) is 16.4 Å². The van der Waals surface area contributed by atoms with Crippen LogP contribution in [-0.2, 0) is 10.0 Å². The Kier molecular flexibility index (Phi) is 5.79. The number of aryl methyl sites for hydroxylation is 1. The second-order valence-corrected chi connectivity index (χ2v) is 9.84. The average Bonchev–Trinajstić information content (AvgIpc) is 3.34. The Hall–Kier alpha value is -2.11. The van der Waals surface area contributed by atoms with Crippen LogP contribution in [0.1, 0.15) is 56.2 Å². The van der Waals surface area contributed by atoms with Gasteiger partial charge in [0.2, 0.25) is 0 Å². The van der Waals surface area contributed by atoms with Crippen LogP contribution in [0.2, 0.25) is 0 Å². The maximum Gasteiger partial charge on any atom is 0.268 e. The maximum absolute atomic E-state index is 13.8. The van der Waals surface area contributed by atoms with Crippen LogP contribution in [0.15, 0.2) is 65.2 Å². The van der Waals surface area contributed by atoms with Gasteiger partial charge in [-0.2, -0.15) is 0 Å². The molecule has 1 saturated heterocycles. The fraction of sp³-hybridized carbons (Fsp3) is 0.417. The number of para-hydroxylation sites is 1. The lowest BCUT2D eigenvalue weighted by atomic mass is 10.0. The Labute approximate surface area is 174 Å². The highest BCUT2D eigenvalue weighted by molar-refractivity contribution is 7.93. The van der Waals surface area contributed by atoms with E-state index in [0.29, 0.717) is 4.90 Å². The molecule has 0 N–H and O–H groups in total. The topological polar surface area (TPSA) is 40.6 Å². The molecular formula is C24H30N2O2S. The number of nitrogens with zero attached hydrogens (tertiary/aromatic N) is 2.